The first kappa shape index (κ1) is 26.1. The van der Waals surface area contributed by atoms with Gasteiger partial charge in [-0.05, 0) is 42.3 Å². The number of sulfonamides is 1. The Morgan fingerprint density at radius 2 is 1.68 bits per heavy atom. The minimum absolute atomic E-state index is 0.0106. The van der Waals surface area contributed by atoms with Crippen molar-refractivity contribution in [3.05, 3.63) is 84.4 Å². The van der Waals surface area contributed by atoms with E-state index in [1.54, 1.807) is 18.2 Å². The Bertz CT molecular complexity index is 1550. The minimum atomic E-state index is -3.64. The molecule has 8 nitrogen and oxygen atoms in total. The van der Waals surface area contributed by atoms with Gasteiger partial charge in [0.1, 0.15) is 0 Å². The zero-order valence-corrected chi connectivity index (χ0v) is 23.0. The van der Waals surface area contributed by atoms with Crippen molar-refractivity contribution in [2.24, 2.45) is 0 Å². The summed E-state index contributed by atoms with van der Waals surface area (Å²) in [5, 5.41) is 9.42. The highest BCUT2D eigenvalue weighted by Gasteiger charge is 2.26. The van der Waals surface area contributed by atoms with Crippen LogP contribution in [-0.4, -0.2) is 58.8 Å². The van der Waals surface area contributed by atoms with Gasteiger partial charge in [-0.2, -0.15) is 4.31 Å². The highest BCUT2D eigenvalue weighted by molar-refractivity contribution is 7.99. The summed E-state index contributed by atoms with van der Waals surface area (Å²) in [4.78, 5) is 15.2. The standard InChI is InChI=1S/C28H29N5O3S2/c1-3-31(4-2)38(35,36)24-15-10-12-22(19-24)27-29-30-28(33(27)23-13-6-5-7-14-23)37-20-26(34)32-18-17-21-11-8-9-16-25(21)32/h5-16,19H,3-4,17-18,20H2,1-2H3. The van der Waals surface area contributed by atoms with Crippen molar-refractivity contribution in [2.45, 2.75) is 30.3 Å². The zero-order chi connectivity index (χ0) is 26.7. The summed E-state index contributed by atoms with van der Waals surface area (Å²) in [6, 6.07) is 24.4. The molecule has 38 heavy (non-hydrogen) atoms. The van der Waals surface area contributed by atoms with Crippen LogP contribution in [0.2, 0.25) is 0 Å². The van der Waals surface area contributed by atoms with Crippen molar-refractivity contribution >= 4 is 33.4 Å². The molecule has 0 spiro atoms. The van der Waals surface area contributed by atoms with Gasteiger partial charge in [-0.1, -0.05) is 74.1 Å². The number of carbonyl (C=O) groups is 1. The fraction of sp³-hybridized carbons (Fsp3) is 0.250. The largest absolute Gasteiger partial charge is 0.311 e. The number of para-hydroxylation sites is 2. The molecule has 1 aromatic heterocycles. The van der Waals surface area contributed by atoms with E-state index >= 15 is 0 Å². The van der Waals surface area contributed by atoms with Crippen molar-refractivity contribution in [3.63, 3.8) is 0 Å². The summed E-state index contributed by atoms with van der Waals surface area (Å²) in [6.45, 7) is 5.09. The van der Waals surface area contributed by atoms with Crippen LogP contribution in [0.3, 0.4) is 0 Å². The molecule has 0 aliphatic carbocycles. The van der Waals surface area contributed by atoms with E-state index < -0.39 is 10.0 Å². The van der Waals surface area contributed by atoms with Gasteiger partial charge < -0.3 is 4.90 Å². The molecule has 196 valence electrons. The van der Waals surface area contributed by atoms with Gasteiger partial charge in [0.05, 0.1) is 10.6 Å². The number of thioether (sulfide) groups is 1. The van der Waals surface area contributed by atoms with Crippen LogP contribution in [0.5, 0.6) is 0 Å². The average Bonchev–Trinajstić information content (AvgIpc) is 3.57. The number of amides is 1. The summed E-state index contributed by atoms with van der Waals surface area (Å²) in [6.07, 6.45) is 0.851. The highest BCUT2D eigenvalue weighted by atomic mass is 32.2. The third-order valence-electron chi connectivity index (χ3n) is 6.60. The molecule has 0 radical (unpaired) electrons. The molecule has 0 atom stereocenters. The van der Waals surface area contributed by atoms with E-state index in [2.05, 4.69) is 16.3 Å². The number of fused-ring (bicyclic) bond motifs is 1. The van der Waals surface area contributed by atoms with Crippen LogP contribution < -0.4 is 4.90 Å². The Balaban J connectivity index is 1.47. The molecule has 1 aliphatic rings. The fourth-order valence-electron chi connectivity index (χ4n) is 4.67. The number of nitrogens with zero attached hydrogens (tertiary/aromatic N) is 5. The number of hydrogen-bond donors (Lipinski definition) is 0. The first-order valence-electron chi connectivity index (χ1n) is 12.6. The maximum atomic E-state index is 13.2. The van der Waals surface area contributed by atoms with Gasteiger partial charge in [-0.15, -0.1) is 10.2 Å². The number of rotatable bonds is 9. The molecule has 0 fully saturated rings. The van der Waals surface area contributed by atoms with Crippen LogP contribution in [0, 0.1) is 0 Å². The Kier molecular flexibility index (Phi) is 7.64. The quantitative estimate of drug-likeness (QED) is 0.284. The second-order valence-electron chi connectivity index (χ2n) is 8.81. The first-order valence-corrected chi connectivity index (χ1v) is 15.0. The summed E-state index contributed by atoms with van der Waals surface area (Å²) in [5.74, 6) is 0.723. The normalized spacial score (nSPS) is 13.2. The highest BCUT2D eigenvalue weighted by Crippen LogP contribution is 2.32. The van der Waals surface area contributed by atoms with Crippen molar-refractivity contribution in [1.29, 1.82) is 0 Å². The molecule has 1 aliphatic heterocycles. The van der Waals surface area contributed by atoms with Crippen LogP contribution in [0.15, 0.2) is 88.9 Å². The molecule has 2 heterocycles. The van der Waals surface area contributed by atoms with Gasteiger partial charge in [0.2, 0.25) is 15.9 Å². The lowest BCUT2D eigenvalue weighted by atomic mass is 10.2. The summed E-state index contributed by atoms with van der Waals surface area (Å²) >= 11 is 1.32. The van der Waals surface area contributed by atoms with Crippen molar-refractivity contribution < 1.29 is 13.2 Å². The molecule has 0 saturated heterocycles. The minimum Gasteiger partial charge on any atom is -0.311 e. The molecular formula is C28H29N5O3S2. The van der Waals surface area contributed by atoms with Gasteiger partial charge in [0.15, 0.2) is 11.0 Å². The number of benzene rings is 3. The number of hydrogen-bond acceptors (Lipinski definition) is 6. The van der Waals surface area contributed by atoms with Crippen LogP contribution in [0.1, 0.15) is 19.4 Å². The Morgan fingerprint density at radius 1 is 0.947 bits per heavy atom. The van der Waals surface area contributed by atoms with E-state index in [-0.39, 0.29) is 16.6 Å². The van der Waals surface area contributed by atoms with Gasteiger partial charge in [0.25, 0.3) is 0 Å². The molecule has 0 N–H and O–H groups in total. The SMILES string of the molecule is CCN(CC)S(=O)(=O)c1cccc(-c2nnc(SCC(=O)N3CCc4ccccc43)n2-c2ccccc2)c1. The molecule has 5 rings (SSSR count). The van der Waals surface area contributed by atoms with Crippen LogP contribution in [0.4, 0.5) is 5.69 Å². The maximum absolute atomic E-state index is 13.2. The van der Waals surface area contributed by atoms with Gasteiger partial charge in [-0.3, -0.25) is 9.36 Å². The monoisotopic (exact) mass is 547 g/mol. The number of anilines is 1. The third kappa shape index (κ3) is 4.99. The predicted molar refractivity (Wildman–Crippen MR) is 150 cm³/mol. The predicted octanol–water partition coefficient (Wildman–Crippen LogP) is 4.65. The molecule has 0 unspecified atom stereocenters. The Labute approximate surface area is 227 Å². The summed E-state index contributed by atoms with van der Waals surface area (Å²) in [7, 11) is -3.64. The van der Waals surface area contributed by atoms with Crippen molar-refractivity contribution in [3.8, 4) is 17.1 Å². The lowest BCUT2D eigenvalue weighted by Gasteiger charge is -2.19. The fourth-order valence-corrected chi connectivity index (χ4v) is 7.00. The molecule has 10 heteroatoms. The van der Waals surface area contributed by atoms with Gasteiger partial charge >= 0.3 is 0 Å². The molecule has 0 bridgehead atoms. The topological polar surface area (TPSA) is 88.4 Å². The maximum Gasteiger partial charge on any atom is 0.243 e. The average molecular weight is 548 g/mol. The second-order valence-corrected chi connectivity index (χ2v) is 11.7. The summed E-state index contributed by atoms with van der Waals surface area (Å²) in [5.41, 5.74) is 3.60. The smallest absolute Gasteiger partial charge is 0.243 e. The van der Waals surface area contributed by atoms with E-state index in [0.717, 1.165) is 17.8 Å². The van der Waals surface area contributed by atoms with Crippen molar-refractivity contribution in [2.75, 3.05) is 30.3 Å². The van der Waals surface area contributed by atoms with E-state index in [1.807, 2.05) is 77.9 Å². The van der Waals surface area contributed by atoms with Crippen molar-refractivity contribution in [1.82, 2.24) is 19.1 Å². The van der Waals surface area contributed by atoms with Gasteiger partial charge in [0, 0.05) is 36.6 Å². The number of aromatic nitrogens is 3. The molecule has 3 aromatic carbocycles. The Hall–Kier alpha value is -3.47. The lowest BCUT2D eigenvalue weighted by molar-refractivity contribution is -0.116. The second kappa shape index (κ2) is 11.1. The molecule has 1 amide bonds. The molecule has 4 aromatic rings. The van der Waals surface area contributed by atoms with E-state index in [9.17, 15) is 13.2 Å². The van der Waals surface area contributed by atoms with E-state index in [4.69, 9.17) is 0 Å². The van der Waals surface area contributed by atoms with Crippen LogP contribution in [0.25, 0.3) is 17.1 Å². The third-order valence-corrected chi connectivity index (χ3v) is 9.56. The Morgan fingerprint density at radius 3 is 2.45 bits per heavy atom. The van der Waals surface area contributed by atoms with E-state index in [0.29, 0.717) is 36.2 Å². The lowest BCUT2D eigenvalue weighted by Crippen LogP contribution is -2.30. The molecule has 0 saturated carbocycles. The van der Waals surface area contributed by atoms with Crippen LogP contribution >= 0.6 is 11.8 Å². The molecular weight excluding hydrogens is 518 g/mol. The number of carbonyl (C=O) groups excluding carboxylic acids is 1. The zero-order valence-electron chi connectivity index (χ0n) is 21.3. The summed E-state index contributed by atoms with van der Waals surface area (Å²) < 4.78 is 29.6. The van der Waals surface area contributed by atoms with E-state index in [1.165, 1.54) is 21.6 Å². The van der Waals surface area contributed by atoms with Crippen LogP contribution in [-0.2, 0) is 21.2 Å². The van der Waals surface area contributed by atoms with Gasteiger partial charge in [-0.25, -0.2) is 8.42 Å². The first-order chi connectivity index (χ1) is 18.4.